The molecule has 0 radical (unpaired) electrons. The maximum Gasteiger partial charge on any atom is 0.223 e. The molecule has 0 bridgehead atoms. The number of Topliss-reactive ketones (excluding diaryl/α,β-unsaturated/α-hetero) is 3. The van der Waals surface area contributed by atoms with E-state index in [0.29, 0.717) is 34.2 Å². The first-order chi connectivity index (χ1) is 18.3. The lowest BCUT2D eigenvalue weighted by molar-refractivity contribution is -0.133. The van der Waals surface area contributed by atoms with E-state index >= 15 is 0 Å². The highest BCUT2D eigenvalue weighted by atomic mass is 33.1. The minimum Gasteiger partial charge on any atom is -0.399 e. The molecule has 0 spiro atoms. The van der Waals surface area contributed by atoms with Gasteiger partial charge in [0.05, 0.1) is 0 Å². The standard InChI is InChI=1S/C29H37N3O4S2/c30-23-9-5-21(6-10-23)27(34)15-18-32(19-16-28(35)22-7-11-24(31)12-8-22)29(36)14-13-25(33)3-1-2-4-26-17-20-37-38-26/h5-12,26H,1-4,13-20,30-31H2. The van der Waals surface area contributed by atoms with Gasteiger partial charge < -0.3 is 16.4 Å². The number of unbranched alkanes of at least 4 members (excludes halogenated alkanes) is 1. The molecule has 9 heteroatoms. The van der Waals surface area contributed by atoms with E-state index < -0.39 is 0 Å². The van der Waals surface area contributed by atoms with Crippen LogP contribution in [0, 0.1) is 0 Å². The van der Waals surface area contributed by atoms with Crippen molar-refractivity contribution in [3.05, 3.63) is 59.7 Å². The average molecular weight is 556 g/mol. The van der Waals surface area contributed by atoms with E-state index in [1.807, 2.05) is 21.6 Å². The zero-order chi connectivity index (χ0) is 27.3. The van der Waals surface area contributed by atoms with Crippen LogP contribution in [0.3, 0.4) is 0 Å². The van der Waals surface area contributed by atoms with Gasteiger partial charge in [-0.1, -0.05) is 28.0 Å². The molecular formula is C29H37N3O4S2. The van der Waals surface area contributed by atoms with Gasteiger partial charge in [-0.2, -0.15) is 0 Å². The highest BCUT2D eigenvalue weighted by molar-refractivity contribution is 8.77. The van der Waals surface area contributed by atoms with Crippen molar-refractivity contribution in [2.45, 2.75) is 63.0 Å². The third-order valence-corrected chi connectivity index (χ3v) is 9.62. The number of ketones is 3. The van der Waals surface area contributed by atoms with Crippen LogP contribution in [-0.4, -0.2) is 52.2 Å². The molecule has 2 aromatic carbocycles. The number of carbonyl (C=O) groups excluding carboxylic acids is 4. The summed E-state index contributed by atoms with van der Waals surface area (Å²) >= 11 is 0. The Labute approximate surface area is 232 Å². The second-order valence-corrected chi connectivity index (χ2v) is 12.4. The number of nitrogen functional groups attached to an aromatic ring is 2. The Balaban J connectivity index is 1.50. The molecule has 1 saturated heterocycles. The van der Waals surface area contributed by atoms with Gasteiger partial charge >= 0.3 is 0 Å². The number of rotatable bonds is 16. The molecule has 1 amide bonds. The molecule has 1 aliphatic rings. The molecule has 1 fully saturated rings. The SMILES string of the molecule is Nc1ccc(C(=O)CCN(CCC(=O)c2ccc(N)cc2)C(=O)CCC(=O)CCCCC2CCSS2)cc1. The van der Waals surface area contributed by atoms with Gasteiger partial charge in [-0.25, -0.2) is 0 Å². The van der Waals surface area contributed by atoms with Crippen LogP contribution in [0.5, 0.6) is 0 Å². The summed E-state index contributed by atoms with van der Waals surface area (Å²) in [6.07, 6.45) is 5.27. The Morgan fingerprint density at radius 3 is 1.79 bits per heavy atom. The number of carbonyl (C=O) groups is 4. The summed E-state index contributed by atoms with van der Waals surface area (Å²) in [7, 11) is 3.88. The molecule has 38 heavy (non-hydrogen) atoms. The van der Waals surface area contributed by atoms with Crippen LogP contribution in [0.25, 0.3) is 0 Å². The summed E-state index contributed by atoms with van der Waals surface area (Å²) < 4.78 is 0. The second-order valence-electron chi connectivity index (χ2n) is 9.58. The second kappa shape index (κ2) is 15.6. The number of hydrogen-bond donors (Lipinski definition) is 2. The number of anilines is 2. The summed E-state index contributed by atoms with van der Waals surface area (Å²) in [6, 6.07) is 13.3. The molecule has 1 unspecified atom stereocenters. The molecule has 4 N–H and O–H groups in total. The Kier molecular flexibility index (Phi) is 12.2. The van der Waals surface area contributed by atoms with Crippen molar-refractivity contribution in [1.29, 1.82) is 0 Å². The third-order valence-electron chi connectivity index (χ3n) is 6.61. The number of benzene rings is 2. The Hall–Kier alpha value is -2.78. The Bertz CT molecular complexity index is 1020. The lowest BCUT2D eigenvalue weighted by Crippen LogP contribution is -2.35. The first kappa shape index (κ1) is 29.8. The number of nitrogens with two attached hydrogens (primary N) is 2. The van der Waals surface area contributed by atoms with E-state index in [-0.39, 0.29) is 62.0 Å². The Morgan fingerprint density at radius 1 is 0.737 bits per heavy atom. The smallest absolute Gasteiger partial charge is 0.223 e. The topological polar surface area (TPSA) is 124 Å². The zero-order valence-corrected chi connectivity index (χ0v) is 23.4. The molecule has 1 heterocycles. The molecule has 204 valence electrons. The summed E-state index contributed by atoms with van der Waals surface area (Å²) in [5.74, 6) is 0.866. The van der Waals surface area contributed by atoms with E-state index in [4.69, 9.17) is 11.5 Å². The first-order valence-corrected chi connectivity index (χ1v) is 15.6. The van der Waals surface area contributed by atoms with Crippen LogP contribution in [0.2, 0.25) is 0 Å². The van der Waals surface area contributed by atoms with Gasteiger partial charge in [0, 0.05) is 78.7 Å². The van der Waals surface area contributed by atoms with E-state index in [0.717, 1.165) is 19.3 Å². The van der Waals surface area contributed by atoms with Gasteiger partial charge in [-0.15, -0.1) is 0 Å². The van der Waals surface area contributed by atoms with E-state index in [1.165, 1.54) is 17.1 Å². The lowest BCUT2D eigenvalue weighted by Gasteiger charge is -2.22. The van der Waals surface area contributed by atoms with Gasteiger partial charge in [0.15, 0.2) is 11.6 Å². The van der Waals surface area contributed by atoms with Gasteiger partial charge in [0.25, 0.3) is 0 Å². The minimum absolute atomic E-state index is 0.0834. The van der Waals surface area contributed by atoms with E-state index in [1.54, 1.807) is 48.5 Å². The van der Waals surface area contributed by atoms with E-state index in [9.17, 15) is 19.2 Å². The number of amides is 1. The fourth-order valence-electron chi connectivity index (χ4n) is 4.25. The summed E-state index contributed by atoms with van der Waals surface area (Å²) in [5, 5.41) is 0.706. The summed E-state index contributed by atoms with van der Waals surface area (Å²) in [4.78, 5) is 52.3. The number of hydrogen-bond acceptors (Lipinski definition) is 8. The van der Waals surface area contributed by atoms with Crippen LogP contribution in [0.4, 0.5) is 11.4 Å². The van der Waals surface area contributed by atoms with Gasteiger partial charge in [-0.3, -0.25) is 19.2 Å². The fourth-order valence-corrected chi connectivity index (χ4v) is 7.28. The maximum absolute atomic E-state index is 13.1. The van der Waals surface area contributed by atoms with Crippen molar-refractivity contribution < 1.29 is 19.2 Å². The monoisotopic (exact) mass is 555 g/mol. The van der Waals surface area contributed by atoms with Gasteiger partial charge in [0.2, 0.25) is 5.91 Å². The first-order valence-electron chi connectivity index (χ1n) is 13.2. The van der Waals surface area contributed by atoms with Crippen molar-refractivity contribution in [3.8, 4) is 0 Å². The van der Waals surface area contributed by atoms with Crippen molar-refractivity contribution in [2.75, 3.05) is 30.3 Å². The minimum atomic E-state index is -0.215. The van der Waals surface area contributed by atoms with Crippen molar-refractivity contribution in [2.24, 2.45) is 0 Å². The molecule has 0 saturated carbocycles. The lowest BCUT2D eigenvalue weighted by atomic mass is 10.0. The van der Waals surface area contributed by atoms with Crippen LogP contribution < -0.4 is 11.5 Å². The average Bonchev–Trinajstić information content (AvgIpc) is 3.44. The molecule has 1 aliphatic heterocycles. The molecule has 0 aliphatic carbocycles. The molecule has 3 rings (SSSR count). The van der Waals surface area contributed by atoms with Crippen molar-refractivity contribution >= 4 is 56.2 Å². The van der Waals surface area contributed by atoms with E-state index in [2.05, 4.69) is 0 Å². The maximum atomic E-state index is 13.1. The highest BCUT2D eigenvalue weighted by Gasteiger charge is 2.19. The van der Waals surface area contributed by atoms with Crippen LogP contribution >= 0.6 is 21.6 Å². The van der Waals surface area contributed by atoms with Crippen molar-refractivity contribution in [1.82, 2.24) is 4.90 Å². The molecule has 7 nitrogen and oxygen atoms in total. The quantitative estimate of drug-likeness (QED) is 0.119. The normalized spacial score (nSPS) is 14.8. The molecule has 0 aromatic heterocycles. The molecular weight excluding hydrogens is 518 g/mol. The van der Waals surface area contributed by atoms with Crippen LogP contribution in [0.1, 0.15) is 78.5 Å². The van der Waals surface area contributed by atoms with Gasteiger partial charge in [-0.05, 0) is 67.8 Å². The largest absolute Gasteiger partial charge is 0.399 e. The Morgan fingerprint density at radius 2 is 1.29 bits per heavy atom. The molecule has 2 aromatic rings. The fraction of sp³-hybridized carbons (Fsp3) is 0.448. The van der Waals surface area contributed by atoms with Crippen LogP contribution in [0.15, 0.2) is 48.5 Å². The molecule has 1 atom stereocenters. The zero-order valence-electron chi connectivity index (χ0n) is 21.7. The van der Waals surface area contributed by atoms with Gasteiger partial charge in [0.1, 0.15) is 5.78 Å². The van der Waals surface area contributed by atoms with Crippen LogP contribution in [-0.2, 0) is 9.59 Å². The number of nitrogens with zero attached hydrogens (tertiary/aromatic N) is 1. The predicted octanol–water partition coefficient (Wildman–Crippen LogP) is 5.59. The highest BCUT2D eigenvalue weighted by Crippen LogP contribution is 2.39. The predicted molar refractivity (Wildman–Crippen MR) is 157 cm³/mol. The summed E-state index contributed by atoms with van der Waals surface area (Å²) in [5.41, 5.74) is 13.6. The van der Waals surface area contributed by atoms with Crippen molar-refractivity contribution in [3.63, 3.8) is 0 Å². The third kappa shape index (κ3) is 10.2. The summed E-state index contributed by atoms with van der Waals surface area (Å²) in [6.45, 7) is 0.366.